The third-order valence-corrected chi connectivity index (χ3v) is 2.48. The van der Waals surface area contributed by atoms with E-state index in [1.165, 1.54) is 5.57 Å². The molecule has 0 aromatic rings. The number of amides is 1. The summed E-state index contributed by atoms with van der Waals surface area (Å²) in [6.45, 7) is 5.17. The fourth-order valence-corrected chi connectivity index (χ4v) is 1.72. The molecule has 1 N–H and O–H groups in total. The van der Waals surface area contributed by atoms with Gasteiger partial charge in [0.05, 0.1) is 7.05 Å². The zero-order valence-electron chi connectivity index (χ0n) is 8.37. The molecule has 3 nitrogen and oxygen atoms in total. The molecule has 0 bridgehead atoms. The second-order valence-electron chi connectivity index (χ2n) is 3.80. The van der Waals surface area contributed by atoms with Gasteiger partial charge in [0.25, 0.3) is 0 Å². The van der Waals surface area contributed by atoms with Gasteiger partial charge in [0, 0.05) is 5.57 Å². The van der Waals surface area contributed by atoms with Crippen molar-refractivity contribution >= 4 is 6.09 Å². The zero-order chi connectivity index (χ0) is 10.1. The van der Waals surface area contributed by atoms with Crippen LogP contribution in [0, 0.1) is 0 Å². The minimum absolute atomic E-state index is 0.0888. The highest BCUT2D eigenvalue weighted by Crippen LogP contribution is 2.24. The lowest BCUT2D eigenvalue weighted by molar-refractivity contribution is -0.821. The van der Waals surface area contributed by atoms with Crippen molar-refractivity contribution in [2.45, 2.75) is 13.8 Å². The van der Waals surface area contributed by atoms with E-state index >= 15 is 0 Å². The number of hydrogen-bond donors (Lipinski definition) is 1. The van der Waals surface area contributed by atoms with E-state index in [9.17, 15) is 4.79 Å². The van der Waals surface area contributed by atoms with Crippen molar-refractivity contribution in [1.82, 2.24) is 0 Å². The van der Waals surface area contributed by atoms with Crippen LogP contribution in [-0.4, -0.2) is 35.8 Å². The zero-order valence-corrected chi connectivity index (χ0v) is 8.37. The summed E-state index contributed by atoms with van der Waals surface area (Å²) < 4.78 is 0.0888. The number of likely N-dealkylation sites (N-methyl/N-ethyl adjacent to an activating group) is 1. The summed E-state index contributed by atoms with van der Waals surface area (Å²) in [5.74, 6) is 0. The van der Waals surface area contributed by atoms with Gasteiger partial charge in [-0.05, 0) is 19.4 Å². The molecule has 1 atom stereocenters. The third-order valence-electron chi connectivity index (χ3n) is 2.48. The highest BCUT2D eigenvalue weighted by molar-refractivity contribution is 5.58. The van der Waals surface area contributed by atoms with Crippen LogP contribution in [0.25, 0.3) is 0 Å². The summed E-state index contributed by atoms with van der Waals surface area (Å²) in [6.07, 6.45) is 3.21. The summed E-state index contributed by atoms with van der Waals surface area (Å²) in [6, 6.07) is 0. The molecule has 1 rings (SSSR count). The first-order chi connectivity index (χ1) is 5.99. The maximum absolute atomic E-state index is 10.9. The van der Waals surface area contributed by atoms with Gasteiger partial charge >= 0.3 is 6.09 Å². The highest BCUT2D eigenvalue weighted by atomic mass is 16.4. The first-order valence-electron chi connectivity index (χ1n) is 4.39. The van der Waals surface area contributed by atoms with Crippen LogP contribution in [0.5, 0.6) is 0 Å². The Hall–Kier alpha value is -1.09. The average Bonchev–Trinajstić information content (AvgIpc) is 2.29. The molecule has 0 spiro atoms. The van der Waals surface area contributed by atoms with Crippen molar-refractivity contribution in [1.29, 1.82) is 0 Å². The standard InChI is InChI=1S/C10H15NO2/c1-4-5-9-7-11(3,10(12)13)6-8(9)2/h4-5H,6-7H2,1-3H3/p+1. The quantitative estimate of drug-likeness (QED) is 0.630. The number of allylic oxidation sites excluding steroid dienone is 1. The van der Waals surface area contributed by atoms with Gasteiger partial charge in [0.15, 0.2) is 0 Å². The Morgan fingerprint density at radius 1 is 1.54 bits per heavy atom. The third kappa shape index (κ3) is 1.80. The van der Waals surface area contributed by atoms with Gasteiger partial charge in [0.1, 0.15) is 13.1 Å². The molecule has 72 valence electrons. The summed E-state index contributed by atoms with van der Waals surface area (Å²) in [5, 5.41) is 9.00. The predicted octanol–water partition coefficient (Wildman–Crippen LogP) is 2.02. The number of rotatable bonds is 1. The van der Waals surface area contributed by atoms with Crippen LogP contribution >= 0.6 is 0 Å². The van der Waals surface area contributed by atoms with Crippen molar-refractivity contribution in [2.24, 2.45) is 0 Å². The van der Waals surface area contributed by atoms with E-state index < -0.39 is 6.09 Å². The Bertz CT molecular complexity index is 291. The summed E-state index contributed by atoms with van der Waals surface area (Å²) in [4.78, 5) is 10.9. The molecule has 1 unspecified atom stereocenters. The number of hydrogen-bond acceptors (Lipinski definition) is 1. The average molecular weight is 182 g/mol. The Labute approximate surface area is 78.6 Å². The number of carboxylic acid groups (broad SMARTS) is 1. The maximum Gasteiger partial charge on any atom is 0.513 e. The Kier molecular flexibility index (Phi) is 2.57. The van der Waals surface area contributed by atoms with Crippen LogP contribution in [0.1, 0.15) is 13.8 Å². The minimum atomic E-state index is -0.751. The van der Waals surface area contributed by atoms with Crippen LogP contribution in [0.3, 0.4) is 0 Å². The van der Waals surface area contributed by atoms with E-state index in [2.05, 4.69) is 0 Å². The van der Waals surface area contributed by atoms with Crippen molar-refractivity contribution in [3.05, 3.63) is 23.3 Å². The minimum Gasteiger partial charge on any atom is -0.435 e. The summed E-state index contributed by atoms with van der Waals surface area (Å²) in [7, 11) is 1.75. The lowest BCUT2D eigenvalue weighted by Crippen LogP contribution is -2.46. The highest BCUT2D eigenvalue weighted by Gasteiger charge is 2.38. The van der Waals surface area contributed by atoms with E-state index in [4.69, 9.17) is 5.11 Å². The molecule has 1 amide bonds. The molecular formula is C10H16NO2+. The molecule has 0 aromatic carbocycles. The van der Waals surface area contributed by atoms with E-state index in [0.717, 1.165) is 5.57 Å². The normalized spacial score (nSPS) is 28.8. The lowest BCUT2D eigenvalue weighted by atomic mass is 10.2. The molecule has 3 heteroatoms. The Morgan fingerprint density at radius 3 is 2.54 bits per heavy atom. The van der Waals surface area contributed by atoms with E-state index in [-0.39, 0.29) is 4.48 Å². The largest absolute Gasteiger partial charge is 0.513 e. The molecule has 1 heterocycles. The second-order valence-corrected chi connectivity index (χ2v) is 3.80. The molecule has 0 fully saturated rings. The fraction of sp³-hybridized carbons (Fsp3) is 0.500. The molecule has 0 aliphatic carbocycles. The number of quaternary nitrogens is 1. The van der Waals surface area contributed by atoms with Gasteiger partial charge in [-0.3, -0.25) is 0 Å². The summed E-state index contributed by atoms with van der Waals surface area (Å²) >= 11 is 0. The Balaban J connectivity index is 2.85. The van der Waals surface area contributed by atoms with E-state index in [1.54, 1.807) is 7.05 Å². The van der Waals surface area contributed by atoms with Crippen LogP contribution in [0.4, 0.5) is 4.79 Å². The maximum atomic E-state index is 10.9. The van der Waals surface area contributed by atoms with Crippen LogP contribution in [0.15, 0.2) is 23.3 Å². The van der Waals surface area contributed by atoms with Gasteiger partial charge in [0.2, 0.25) is 0 Å². The van der Waals surface area contributed by atoms with Gasteiger partial charge in [-0.15, -0.1) is 0 Å². The second kappa shape index (κ2) is 3.34. The first-order valence-corrected chi connectivity index (χ1v) is 4.39. The molecule has 13 heavy (non-hydrogen) atoms. The molecule has 0 saturated carbocycles. The van der Waals surface area contributed by atoms with Crippen LogP contribution in [-0.2, 0) is 0 Å². The van der Waals surface area contributed by atoms with Gasteiger partial charge in [-0.2, -0.15) is 4.79 Å². The molecule has 0 radical (unpaired) electrons. The number of carbonyl (C=O) groups is 1. The molecular weight excluding hydrogens is 166 g/mol. The topological polar surface area (TPSA) is 37.3 Å². The van der Waals surface area contributed by atoms with E-state index in [1.807, 2.05) is 26.0 Å². The smallest absolute Gasteiger partial charge is 0.435 e. The fourth-order valence-electron chi connectivity index (χ4n) is 1.72. The molecule has 0 saturated heterocycles. The lowest BCUT2D eigenvalue weighted by Gasteiger charge is -2.22. The monoisotopic (exact) mass is 182 g/mol. The molecule has 1 aliphatic rings. The van der Waals surface area contributed by atoms with Crippen molar-refractivity contribution in [2.75, 3.05) is 20.1 Å². The van der Waals surface area contributed by atoms with Gasteiger partial charge < -0.3 is 5.11 Å². The van der Waals surface area contributed by atoms with Gasteiger partial charge in [-0.1, -0.05) is 12.2 Å². The number of nitrogens with zero attached hydrogens (tertiary/aromatic N) is 1. The summed E-state index contributed by atoms with van der Waals surface area (Å²) in [5.41, 5.74) is 2.34. The van der Waals surface area contributed by atoms with Gasteiger partial charge in [-0.25, -0.2) is 4.48 Å². The van der Waals surface area contributed by atoms with Crippen molar-refractivity contribution in [3.63, 3.8) is 0 Å². The van der Waals surface area contributed by atoms with Crippen molar-refractivity contribution < 1.29 is 14.4 Å². The SMILES string of the molecule is CC=CC1=C(C)C[N+](C)(C(=O)O)C1. The van der Waals surface area contributed by atoms with Crippen LogP contribution in [0.2, 0.25) is 0 Å². The molecule has 0 aromatic heterocycles. The Morgan fingerprint density at radius 2 is 2.15 bits per heavy atom. The predicted molar refractivity (Wildman–Crippen MR) is 51.5 cm³/mol. The van der Waals surface area contributed by atoms with E-state index in [0.29, 0.717) is 13.1 Å². The molecule has 1 aliphatic heterocycles. The first kappa shape index (κ1) is 9.99. The van der Waals surface area contributed by atoms with Crippen LogP contribution < -0.4 is 0 Å². The van der Waals surface area contributed by atoms with Crippen molar-refractivity contribution in [3.8, 4) is 0 Å².